The molecule has 2 aliphatic rings. The van der Waals surface area contributed by atoms with Crippen LogP contribution in [-0.2, 0) is 28.5 Å². The minimum atomic E-state index is -1.31. The number of hydrogen-bond acceptors (Lipinski definition) is 10. The normalized spacial score (nSPS) is 41.9. The van der Waals surface area contributed by atoms with E-state index in [9.17, 15) is 30.0 Å². The van der Waals surface area contributed by atoms with Crippen LogP contribution in [0.25, 0.3) is 0 Å². The first-order valence-electron chi connectivity index (χ1n) is 9.75. The van der Waals surface area contributed by atoms with E-state index >= 15 is 0 Å². The molecule has 0 radical (unpaired) electrons. The number of carbonyl (C=O) groups is 2. The summed E-state index contributed by atoms with van der Waals surface area (Å²) in [4.78, 5) is 23.2. The average Bonchev–Trinajstić information content (AvgIpc) is 2.68. The fourth-order valence-electron chi connectivity index (χ4n) is 3.91. The summed E-state index contributed by atoms with van der Waals surface area (Å²) in [6.07, 6.45) is -8.57. The van der Waals surface area contributed by atoms with Gasteiger partial charge in [-0.15, -0.1) is 0 Å². The Hall–Kier alpha value is -1.38. The van der Waals surface area contributed by atoms with E-state index in [1.807, 2.05) is 0 Å². The van der Waals surface area contributed by atoms with Crippen LogP contribution in [-0.4, -0.2) is 114 Å². The quantitative estimate of drug-likeness (QED) is 0.236. The maximum absolute atomic E-state index is 11.7. The average molecular weight is 436 g/mol. The Morgan fingerprint density at radius 2 is 1.40 bits per heavy atom. The highest BCUT2D eigenvalue weighted by Crippen LogP contribution is 2.30. The highest BCUT2D eigenvalue weighted by molar-refractivity contribution is 5.73. The van der Waals surface area contributed by atoms with Crippen LogP contribution in [0, 0.1) is 0 Å². The molecule has 0 bridgehead atoms. The SMILES string of the molecule is CO[C@@H]1C(CO)O[C@H](O[C@@H]2C(CO)O[C@@H](C)C(NC(C)=O)[C@H]2O)C(NC(C)=O)[C@H]1O. The lowest BCUT2D eigenvalue weighted by molar-refractivity contribution is -0.315. The van der Waals surface area contributed by atoms with Crippen molar-refractivity contribution in [2.24, 2.45) is 0 Å². The molecule has 4 unspecified atom stereocenters. The second kappa shape index (κ2) is 10.8. The van der Waals surface area contributed by atoms with Crippen LogP contribution >= 0.6 is 0 Å². The number of hydrogen-bond donors (Lipinski definition) is 6. The Morgan fingerprint density at radius 1 is 0.900 bits per heavy atom. The third kappa shape index (κ3) is 5.45. The van der Waals surface area contributed by atoms with Crippen LogP contribution in [0.4, 0.5) is 0 Å². The summed E-state index contributed by atoms with van der Waals surface area (Å²) in [5.41, 5.74) is 0. The van der Waals surface area contributed by atoms with Gasteiger partial charge in [0.25, 0.3) is 0 Å². The van der Waals surface area contributed by atoms with E-state index in [4.69, 9.17) is 18.9 Å². The number of rotatable bonds is 7. The van der Waals surface area contributed by atoms with Crippen LogP contribution in [0.1, 0.15) is 20.8 Å². The molecule has 0 aromatic heterocycles. The first-order chi connectivity index (χ1) is 14.1. The Kier molecular flexibility index (Phi) is 8.94. The summed E-state index contributed by atoms with van der Waals surface area (Å²) in [6.45, 7) is 3.17. The van der Waals surface area contributed by atoms with Crippen molar-refractivity contribution in [1.82, 2.24) is 10.6 Å². The molecule has 0 spiro atoms. The van der Waals surface area contributed by atoms with E-state index in [0.29, 0.717) is 0 Å². The molecule has 2 rings (SSSR count). The van der Waals surface area contributed by atoms with Gasteiger partial charge in [-0.25, -0.2) is 0 Å². The van der Waals surface area contributed by atoms with E-state index < -0.39 is 80.2 Å². The molecule has 0 aliphatic carbocycles. The van der Waals surface area contributed by atoms with Crippen LogP contribution in [0.5, 0.6) is 0 Å². The zero-order valence-electron chi connectivity index (χ0n) is 17.4. The van der Waals surface area contributed by atoms with Crippen LogP contribution in [0.15, 0.2) is 0 Å². The second-order valence-electron chi connectivity index (χ2n) is 7.52. The zero-order chi connectivity index (χ0) is 22.6. The summed E-state index contributed by atoms with van der Waals surface area (Å²) in [5.74, 6) is -0.864. The van der Waals surface area contributed by atoms with Gasteiger partial charge in [-0.05, 0) is 6.92 Å². The number of aliphatic hydroxyl groups is 4. The maximum Gasteiger partial charge on any atom is 0.217 e. The number of carbonyl (C=O) groups excluding carboxylic acids is 2. The molecule has 12 nitrogen and oxygen atoms in total. The van der Waals surface area contributed by atoms with Gasteiger partial charge in [-0.1, -0.05) is 0 Å². The van der Waals surface area contributed by atoms with Gasteiger partial charge in [0.1, 0.15) is 42.7 Å². The van der Waals surface area contributed by atoms with Crippen molar-refractivity contribution in [3.63, 3.8) is 0 Å². The maximum atomic E-state index is 11.7. The predicted molar refractivity (Wildman–Crippen MR) is 100 cm³/mol. The van der Waals surface area contributed by atoms with Gasteiger partial charge in [0.15, 0.2) is 6.29 Å². The van der Waals surface area contributed by atoms with Gasteiger partial charge in [0.05, 0.1) is 25.4 Å². The van der Waals surface area contributed by atoms with E-state index in [0.717, 1.165) is 0 Å². The molecule has 2 amide bonds. The molecule has 30 heavy (non-hydrogen) atoms. The van der Waals surface area contributed by atoms with E-state index in [2.05, 4.69) is 10.6 Å². The molecule has 6 N–H and O–H groups in total. The van der Waals surface area contributed by atoms with Crippen LogP contribution in [0.3, 0.4) is 0 Å². The molecule has 10 atom stereocenters. The summed E-state index contributed by atoms with van der Waals surface area (Å²) < 4.78 is 22.4. The molecule has 12 heteroatoms. The Bertz CT molecular complexity index is 593. The molecule has 0 aromatic rings. The Morgan fingerprint density at radius 3 is 1.90 bits per heavy atom. The lowest BCUT2D eigenvalue weighted by atomic mass is 9.92. The van der Waals surface area contributed by atoms with Crippen LogP contribution < -0.4 is 10.6 Å². The predicted octanol–water partition coefficient (Wildman–Crippen LogP) is -3.39. The largest absolute Gasteiger partial charge is 0.394 e. The molecular weight excluding hydrogens is 404 g/mol. The van der Waals surface area contributed by atoms with Gasteiger partial charge in [-0.3, -0.25) is 9.59 Å². The second-order valence-corrected chi connectivity index (χ2v) is 7.52. The highest BCUT2D eigenvalue weighted by atomic mass is 16.7. The summed E-state index contributed by atoms with van der Waals surface area (Å²) in [7, 11) is 1.33. The molecule has 0 aromatic carbocycles. The summed E-state index contributed by atoms with van der Waals surface area (Å²) in [5, 5.41) is 45.9. The third-order valence-electron chi connectivity index (χ3n) is 5.30. The van der Waals surface area contributed by atoms with Crippen molar-refractivity contribution in [2.45, 2.75) is 81.9 Å². The van der Waals surface area contributed by atoms with Crippen molar-refractivity contribution in [1.29, 1.82) is 0 Å². The zero-order valence-corrected chi connectivity index (χ0v) is 17.4. The van der Waals surface area contributed by atoms with Crippen molar-refractivity contribution >= 4 is 11.8 Å². The number of amides is 2. The summed E-state index contributed by atoms with van der Waals surface area (Å²) >= 11 is 0. The van der Waals surface area contributed by atoms with Gasteiger partial charge >= 0.3 is 0 Å². The van der Waals surface area contributed by atoms with Gasteiger partial charge < -0.3 is 50.0 Å². The molecule has 2 heterocycles. The molecule has 174 valence electrons. The number of methoxy groups -OCH3 is 1. The first kappa shape index (κ1) is 24.9. The van der Waals surface area contributed by atoms with E-state index in [-0.39, 0.29) is 5.91 Å². The highest BCUT2D eigenvalue weighted by Gasteiger charge is 2.51. The topological polar surface area (TPSA) is 176 Å². The monoisotopic (exact) mass is 436 g/mol. The van der Waals surface area contributed by atoms with Gasteiger partial charge in [0, 0.05) is 21.0 Å². The minimum Gasteiger partial charge on any atom is -0.394 e. The molecule has 2 saturated heterocycles. The lowest BCUT2D eigenvalue weighted by Gasteiger charge is -2.48. The summed E-state index contributed by atoms with van der Waals surface area (Å²) in [6, 6.07) is -1.93. The fraction of sp³-hybridized carbons (Fsp3) is 0.889. The van der Waals surface area contributed by atoms with Gasteiger partial charge in [-0.2, -0.15) is 0 Å². The number of nitrogens with one attached hydrogen (secondary N) is 2. The fourth-order valence-corrected chi connectivity index (χ4v) is 3.91. The Labute approximate surface area is 174 Å². The van der Waals surface area contributed by atoms with Gasteiger partial charge in [0.2, 0.25) is 11.8 Å². The van der Waals surface area contributed by atoms with E-state index in [1.165, 1.54) is 21.0 Å². The van der Waals surface area contributed by atoms with Crippen molar-refractivity contribution in [2.75, 3.05) is 20.3 Å². The van der Waals surface area contributed by atoms with Crippen molar-refractivity contribution in [3.05, 3.63) is 0 Å². The van der Waals surface area contributed by atoms with Crippen molar-refractivity contribution in [3.8, 4) is 0 Å². The first-order valence-corrected chi connectivity index (χ1v) is 9.75. The minimum absolute atomic E-state index is 0.389. The van der Waals surface area contributed by atoms with E-state index in [1.54, 1.807) is 6.92 Å². The standard InChI is InChI=1S/C18H32N2O10/c1-7-12(19-8(2)23)14(25)17(11(6-22)28-7)30-18-13(20-9(3)24)15(26)16(27-4)10(5-21)29-18/h7,10-18,21-22,25-26H,5-6H2,1-4H3,(H,19,23)(H,20,24)/t7-,10?,11?,12?,13?,14+,15+,16+,17+,18+/m0/s1. The smallest absolute Gasteiger partial charge is 0.217 e. The van der Waals surface area contributed by atoms with Crippen LogP contribution in [0.2, 0.25) is 0 Å². The van der Waals surface area contributed by atoms with Crippen molar-refractivity contribution < 1.29 is 49.0 Å². The molecule has 0 saturated carbocycles. The Balaban J connectivity index is 2.28. The third-order valence-corrected chi connectivity index (χ3v) is 5.30. The molecule has 2 fully saturated rings. The lowest BCUT2D eigenvalue weighted by Crippen LogP contribution is -2.69. The molecular formula is C18H32N2O10. The number of aliphatic hydroxyl groups excluding tert-OH is 4. The number of ether oxygens (including phenoxy) is 4. The molecule has 2 aliphatic heterocycles.